The van der Waals surface area contributed by atoms with Crippen LogP contribution in [-0.4, -0.2) is 29.3 Å². The largest absolute Gasteiger partial charge is 0.382 e. The Bertz CT molecular complexity index is 628. The highest BCUT2D eigenvalue weighted by molar-refractivity contribution is 7.14. The average molecular weight is 319 g/mol. The minimum absolute atomic E-state index is 0.726. The van der Waals surface area contributed by atoms with Crippen LogP contribution in [0.4, 0.5) is 5.13 Å². The van der Waals surface area contributed by atoms with Crippen LogP contribution in [0, 0.1) is 13.8 Å². The average Bonchev–Trinajstić information content (AvgIpc) is 3.14. The monoisotopic (exact) mass is 319 g/mol. The number of ether oxygens (including phenoxy) is 1. The number of anilines is 1. The van der Waals surface area contributed by atoms with E-state index in [9.17, 15) is 0 Å². The zero-order valence-corrected chi connectivity index (χ0v) is 14.5. The molecule has 120 valence electrons. The normalized spacial score (nSPS) is 14.5. The van der Waals surface area contributed by atoms with Gasteiger partial charge in [0, 0.05) is 48.1 Å². The lowest BCUT2D eigenvalue weighted by Crippen LogP contribution is -2.05. The van der Waals surface area contributed by atoms with Gasteiger partial charge in [-0.25, -0.2) is 4.98 Å². The molecule has 1 aliphatic carbocycles. The molecule has 0 amide bonds. The van der Waals surface area contributed by atoms with Crippen molar-refractivity contribution in [1.82, 2.24) is 9.55 Å². The van der Waals surface area contributed by atoms with Gasteiger partial charge in [-0.3, -0.25) is 0 Å². The van der Waals surface area contributed by atoms with Gasteiger partial charge in [-0.15, -0.1) is 11.3 Å². The molecule has 1 saturated carbocycles. The zero-order chi connectivity index (χ0) is 15.5. The van der Waals surface area contributed by atoms with Crippen molar-refractivity contribution < 1.29 is 4.74 Å². The molecule has 3 rings (SSSR count). The summed E-state index contributed by atoms with van der Waals surface area (Å²) in [6.07, 6.45) is 3.65. The molecule has 5 heteroatoms. The van der Waals surface area contributed by atoms with Gasteiger partial charge in [0.05, 0.1) is 5.69 Å². The van der Waals surface area contributed by atoms with E-state index in [1.165, 1.54) is 29.8 Å². The lowest BCUT2D eigenvalue weighted by Gasteiger charge is -2.07. The molecule has 0 atom stereocenters. The smallest absolute Gasteiger partial charge is 0.183 e. The third-order valence-corrected chi connectivity index (χ3v) is 4.92. The molecule has 22 heavy (non-hydrogen) atoms. The molecule has 0 aromatic carbocycles. The highest BCUT2D eigenvalue weighted by atomic mass is 32.1. The fourth-order valence-corrected chi connectivity index (χ4v) is 3.66. The van der Waals surface area contributed by atoms with Crippen LogP contribution in [0.2, 0.25) is 0 Å². The maximum absolute atomic E-state index is 5.35. The number of nitrogens with one attached hydrogen (secondary N) is 1. The Morgan fingerprint density at radius 3 is 2.95 bits per heavy atom. The van der Waals surface area contributed by atoms with Gasteiger partial charge in [0.1, 0.15) is 0 Å². The second kappa shape index (κ2) is 6.84. The van der Waals surface area contributed by atoms with Crippen molar-refractivity contribution in [3.8, 4) is 11.3 Å². The maximum Gasteiger partial charge on any atom is 0.183 e. The van der Waals surface area contributed by atoms with E-state index in [1.54, 1.807) is 11.3 Å². The first-order valence-corrected chi connectivity index (χ1v) is 9.04. The minimum Gasteiger partial charge on any atom is -0.382 e. The SMILES string of the molecule is CCOCCCNc1nc(-c2cc(C)n(C3CC3)c2C)cs1. The van der Waals surface area contributed by atoms with Crippen molar-refractivity contribution >= 4 is 16.5 Å². The third kappa shape index (κ3) is 3.36. The van der Waals surface area contributed by atoms with Gasteiger partial charge in [-0.1, -0.05) is 0 Å². The number of hydrogen-bond acceptors (Lipinski definition) is 4. The first-order valence-electron chi connectivity index (χ1n) is 8.16. The first kappa shape index (κ1) is 15.6. The van der Waals surface area contributed by atoms with E-state index in [-0.39, 0.29) is 0 Å². The van der Waals surface area contributed by atoms with Crippen molar-refractivity contribution in [2.45, 2.75) is 46.1 Å². The van der Waals surface area contributed by atoms with E-state index in [1.807, 2.05) is 6.92 Å². The molecule has 0 bridgehead atoms. The molecular formula is C17H25N3OS. The first-order chi connectivity index (χ1) is 10.7. The van der Waals surface area contributed by atoms with Crippen LogP contribution in [0.3, 0.4) is 0 Å². The van der Waals surface area contributed by atoms with Gasteiger partial charge in [-0.2, -0.15) is 0 Å². The van der Waals surface area contributed by atoms with Crippen LogP contribution in [-0.2, 0) is 4.74 Å². The van der Waals surface area contributed by atoms with E-state index < -0.39 is 0 Å². The molecule has 1 fully saturated rings. The summed E-state index contributed by atoms with van der Waals surface area (Å²) in [4.78, 5) is 4.75. The molecule has 2 aromatic rings. The third-order valence-electron chi connectivity index (χ3n) is 4.12. The molecule has 4 nitrogen and oxygen atoms in total. The number of hydrogen-bond donors (Lipinski definition) is 1. The number of rotatable bonds is 8. The molecule has 2 aromatic heterocycles. The summed E-state index contributed by atoms with van der Waals surface area (Å²) in [7, 11) is 0. The molecule has 0 radical (unpaired) electrons. The Morgan fingerprint density at radius 1 is 1.41 bits per heavy atom. The van der Waals surface area contributed by atoms with E-state index >= 15 is 0 Å². The summed E-state index contributed by atoms with van der Waals surface area (Å²) < 4.78 is 7.82. The number of thiazole rings is 1. The van der Waals surface area contributed by atoms with Crippen molar-refractivity contribution in [2.75, 3.05) is 25.1 Å². The Morgan fingerprint density at radius 2 is 2.23 bits per heavy atom. The summed E-state index contributed by atoms with van der Waals surface area (Å²) in [6, 6.07) is 3.00. The fourth-order valence-electron chi connectivity index (χ4n) is 2.92. The van der Waals surface area contributed by atoms with Crippen molar-refractivity contribution in [1.29, 1.82) is 0 Å². The lowest BCUT2D eigenvalue weighted by molar-refractivity contribution is 0.147. The van der Waals surface area contributed by atoms with Gasteiger partial charge < -0.3 is 14.6 Å². The predicted octanol–water partition coefficient (Wildman–Crippen LogP) is 4.40. The number of nitrogens with zero attached hydrogens (tertiary/aromatic N) is 2. The second-order valence-electron chi connectivity index (χ2n) is 5.90. The van der Waals surface area contributed by atoms with Gasteiger partial charge in [0.15, 0.2) is 5.13 Å². The van der Waals surface area contributed by atoms with Crippen molar-refractivity contribution in [3.63, 3.8) is 0 Å². The Labute approximate surface area is 136 Å². The molecule has 0 unspecified atom stereocenters. The molecule has 2 heterocycles. The molecular weight excluding hydrogens is 294 g/mol. The van der Waals surface area contributed by atoms with Crippen LogP contribution in [0.5, 0.6) is 0 Å². The Hall–Kier alpha value is -1.33. The van der Waals surface area contributed by atoms with E-state index in [0.29, 0.717) is 0 Å². The van der Waals surface area contributed by atoms with Crippen LogP contribution in [0.1, 0.15) is 43.6 Å². The quantitative estimate of drug-likeness (QED) is 0.733. The van der Waals surface area contributed by atoms with Gasteiger partial charge in [-0.05, 0) is 46.1 Å². The van der Waals surface area contributed by atoms with Gasteiger partial charge in [0.2, 0.25) is 0 Å². The summed E-state index contributed by atoms with van der Waals surface area (Å²) in [6.45, 7) is 8.96. The molecule has 0 spiro atoms. The summed E-state index contributed by atoms with van der Waals surface area (Å²) in [5.74, 6) is 0. The maximum atomic E-state index is 5.35. The highest BCUT2D eigenvalue weighted by Crippen LogP contribution is 2.40. The van der Waals surface area contributed by atoms with Gasteiger partial charge in [0.25, 0.3) is 0 Å². The second-order valence-corrected chi connectivity index (χ2v) is 6.76. The molecule has 1 N–H and O–H groups in total. The van der Waals surface area contributed by atoms with E-state index in [4.69, 9.17) is 9.72 Å². The summed E-state index contributed by atoms with van der Waals surface area (Å²) in [5, 5.41) is 6.55. The fraction of sp³-hybridized carbons (Fsp3) is 0.588. The predicted molar refractivity (Wildman–Crippen MR) is 92.9 cm³/mol. The van der Waals surface area contributed by atoms with Crippen molar-refractivity contribution in [3.05, 3.63) is 22.8 Å². The number of aryl methyl sites for hydroxylation is 1. The van der Waals surface area contributed by atoms with E-state index in [0.717, 1.165) is 43.0 Å². The molecule has 1 aliphatic rings. The van der Waals surface area contributed by atoms with Gasteiger partial charge >= 0.3 is 0 Å². The molecule has 0 saturated heterocycles. The van der Waals surface area contributed by atoms with Crippen LogP contribution in [0.25, 0.3) is 11.3 Å². The summed E-state index contributed by atoms with van der Waals surface area (Å²) in [5.41, 5.74) is 5.09. The van der Waals surface area contributed by atoms with Crippen LogP contribution < -0.4 is 5.32 Å². The Balaban J connectivity index is 1.65. The van der Waals surface area contributed by atoms with Crippen molar-refractivity contribution in [2.24, 2.45) is 0 Å². The lowest BCUT2D eigenvalue weighted by atomic mass is 10.2. The number of aromatic nitrogens is 2. The highest BCUT2D eigenvalue weighted by Gasteiger charge is 2.27. The molecule has 0 aliphatic heterocycles. The summed E-state index contributed by atoms with van der Waals surface area (Å²) >= 11 is 1.68. The van der Waals surface area contributed by atoms with Crippen LogP contribution >= 0.6 is 11.3 Å². The Kier molecular flexibility index (Phi) is 4.84. The zero-order valence-electron chi connectivity index (χ0n) is 13.7. The standard InChI is InChI=1S/C17H25N3OS/c1-4-21-9-5-8-18-17-19-16(11-22-17)15-10-12(2)20(13(15)3)14-6-7-14/h10-11,14H,4-9H2,1-3H3,(H,18,19). The minimum atomic E-state index is 0.726. The van der Waals surface area contributed by atoms with E-state index in [2.05, 4.69) is 35.2 Å². The van der Waals surface area contributed by atoms with Crippen LogP contribution in [0.15, 0.2) is 11.4 Å². The topological polar surface area (TPSA) is 39.1 Å².